The zero-order valence-electron chi connectivity index (χ0n) is 8.46. The van der Waals surface area contributed by atoms with E-state index < -0.39 is 5.60 Å². The van der Waals surface area contributed by atoms with E-state index in [4.69, 9.17) is 5.73 Å². The van der Waals surface area contributed by atoms with Crippen LogP contribution in [0, 0.1) is 0 Å². The van der Waals surface area contributed by atoms with Crippen LogP contribution >= 0.6 is 15.9 Å². The van der Waals surface area contributed by atoms with Gasteiger partial charge in [0.1, 0.15) is 0 Å². The fourth-order valence-corrected chi connectivity index (χ4v) is 2.40. The molecule has 4 N–H and O–H groups in total. The fourth-order valence-electron chi connectivity index (χ4n) is 2.04. The van der Waals surface area contributed by atoms with Gasteiger partial charge in [-0.05, 0) is 44.1 Å². The molecule has 0 spiro atoms. The summed E-state index contributed by atoms with van der Waals surface area (Å²) in [5.41, 5.74) is 6.65. The molecule has 0 saturated carbocycles. The Labute approximate surface area is 97.8 Å². The molecule has 0 radical (unpaired) electrons. The van der Waals surface area contributed by atoms with Crippen LogP contribution in [0.1, 0.15) is 18.4 Å². The number of hydrogen-bond acceptors (Lipinski definition) is 3. The van der Waals surface area contributed by atoms with Crippen molar-refractivity contribution in [1.82, 2.24) is 5.32 Å². The number of hydrogen-bond donors (Lipinski definition) is 3. The first-order valence-corrected chi connectivity index (χ1v) is 5.90. The second-order valence-electron chi connectivity index (χ2n) is 4.01. The Morgan fingerprint density at radius 2 is 2.00 bits per heavy atom. The van der Waals surface area contributed by atoms with Crippen molar-refractivity contribution in [1.29, 1.82) is 0 Å². The van der Waals surface area contributed by atoms with Gasteiger partial charge in [0, 0.05) is 15.7 Å². The Morgan fingerprint density at radius 1 is 1.33 bits per heavy atom. The van der Waals surface area contributed by atoms with Crippen molar-refractivity contribution in [3.05, 3.63) is 28.2 Å². The van der Waals surface area contributed by atoms with Crippen molar-refractivity contribution in [3.8, 4) is 0 Å². The molecule has 15 heavy (non-hydrogen) atoms. The number of anilines is 1. The summed E-state index contributed by atoms with van der Waals surface area (Å²) in [6.45, 7) is 1.67. The third kappa shape index (κ3) is 2.17. The number of nitrogens with two attached hydrogens (primary N) is 1. The van der Waals surface area contributed by atoms with E-state index in [2.05, 4.69) is 21.2 Å². The van der Waals surface area contributed by atoms with E-state index in [9.17, 15) is 5.11 Å². The van der Waals surface area contributed by atoms with Crippen LogP contribution in [0.3, 0.4) is 0 Å². The van der Waals surface area contributed by atoms with Crippen molar-refractivity contribution >= 4 is 21.6 Å². The van der Waals surface area contributed by atoms with E-state index in [1.807, 2.05) is 18.2 Å². The van der Waals surface area contributed by atoms with Gasteiger partial charge in [0.15, 0.2) is 0 Å². The predicted molar refractivity (Wildman–Crippen MR) is 64.6 cm³/mol. The van der Waals surface area contributed by atoms with Gasteiger partial charge in [0.05, 0.1) is 5.60 Å². The molecule has 3 nitrogen and oxygen atoms in total. The van der Waals surface area contributed by atoms with Crippen LogP contribution in [-0.2, 0) is 5.60 Å². The summed E-state index contributed by atoms with van der Waals surface area (Å²) in [5.74, 6) is 0. The first-order chi connectivity index (χ1) is 7.12. The normalized spacial score (nSPS) is 20.1. The van der Waals surface area contributed by atoms with Gasteiger partial charge in [-0.25, -0.2) is 0 Å². The molecule has 0 amide bonds. The Kier molecular flexibility index (Phi) is 3.00. The molecule has 1 aromatic carbocycles. The van der Waals surface area contributed by atoms with E-state index >= 15 is 0 Å². The van der Waals surface area contributed by atoms with Crippen LogP contribution in [0.25, 0.3) is 0 Å². The summed E-state index contributed by atoms with van der Waals surface area (Å²) < 4.78 is 0.957. The van der Waals surface area contributed by atoms with Gasteiger partial charge in [0.25, 0.3) is 0 Å². The minimum atomic E-state index is -0.765. The number of aliphatic hydroxyl groups is 1. The number of nitrogens with one attached hydrogen (secondary N) is 1. The van der Waals surface area contributed by atoms with Gasteiger partial charge in [-0.2, -0.15) is 0 Å². The number of halogens is 1. The van der Waals surface area contributed by atoms with Gasteiger partial charge >= 0.3 is 0 Å². The lowest BCUT2D eigenvalue weighted by Gasteiger charge is -2.34. The Bertz CT molecular complexity index is 362. The zero-order valence-corrected chi connectivity index (χ0v) is 10.0. The van der Waals surface area contributed by atoms with Crippen molar-refractivity contribution in [2.45, 2.75) is 18.4 Å². The number of benzene rings is 1. The topological polar surface area (TPSA) is 58.3 Å². The summed E-state index contributed by atoms with van der Waals surface area (Å²) in [6, 6.07) is 5.64. The lowest BCUT2D eigenvalue weighted by atomic mass is 9.84. The minimum Gasteiger partial charge on any atom is -0.398 e. The predicted octanol–water partition coefficient (Wildman–Crippen LogP) is 1.60. The summed E-state index contributed by atoms with van der Waals surface area (Å²) in [7, 11) is 0. The monoisotopic (exact) mass is 270 g/mol. The third-order valence-corrected chi connectivity index (χ3v) is 3.44. The second-order valence-corrected chi connectivity index (χ2v) is 4.93. The third-order valence-electron chi connectivity index (χ3n) is 2.95. The highest BCUT2D eigenvalue weighted by atomic mass is 79.9. The maximum Gasteiger partial charge on any atom is 0.0940 e. The van der Waals surface area contributed by atoms with E-state index in [0.29, 0.717) is 18.5 Å². The van der Waals surface area contributed by atoms with E-state index in [-0.39, 0.29) is 0 Å². The highest BCUT2D eigenvalue weighted by molar-refractivity contribution is 9.10. The van der Waals surface area contributed by atoms with E-state index in [0.717, 1.165) is 23.1 Å². The molecular formula is C11H15BrN2O. The smallest absolute Gasteiger partial charge is 0.0940 e. The molecular weight excluding hydrogens is 256 g/mol. The first-order valence-electron chi connectivity index (χ1n) is 5.10. The molecule has 1 aromatic rings. The van der Waals surface area contributed by atoms with Crippen LogP contribution in [0.15, 0.2) is 22.7 Å². The van der Waals surface area contributed by atoms with Crippen molar-refractivity contribution in [3.63, 3.8) is 0 Å². The number of rotatable bonds is 1. The maximum atomic E-state index is 10.5. The molecule has 2 rings (SSSR count). The average Bonchev–Trinajstić information content (AvgIpc) is 2.23. The summed E-state index contributed by atoms with van der Waals surface area (Å²) in [5, 5.41) is 13.7. The van der Waals surface area contributed by atoms with E-state index in [1.165, 1.54) is 0 Å². The van der Waals surface area contributed by atoms with Crippen molar-refractivity contribution in [2.75, 3.05) is 18.8 Å². The molecule has 0 atom stereocenters. The van der Waals surface area contributed by atoms with Crippen LogP contribution < -0.4 is 11.1 Å². The standard InChI is InChI=1S/C11H15BrN2O/c12-8-1-2-10(13)9(7-8)11(15)3-5-14-6-4-11/h1-2,7,14-15H,3-6,13H2. The molecule has 0 aliphatic carbocycles. The summed E-state index contributed by atoms with van der Waals surface area (Å²) in [4.78, 5) is 0. The van der Waals surface area contributed by atoms with Gasteiger partial charge in [-0.15, -0.1) is 0 Å². The molecule has 0 aromatic heterocycles. The fraction of sp³-hybridized carbons (Fsp3) is 0.455. The molecule has 0 bridgehead atoms. The number of nitrogen functional groups attached to an aromatic ring is 1. The zero-order chi connectivity index (χ0) is 10.9. The largest absolute Gasteiger partial charge is 0.398 e. The van der Waals surface area contributed by atoms with Gasteiger partial charge in [0.2, 0.25) is 0 Å². The Morgan fingerprint density at radius 3 is 2.67 bits per heavy atom. The average molecular weight is 271 g/mol. The van der Waals surface area contributed by atoms with Crippen molar-refractivity contribution < 1.29 is 5.11 Å². The molecule has 1 heterocycles. The van der Waals surface area contributed by atoms with Gasteiger partial charge < -0.3 is 16.2 Å². The van der Waals surface area contributed by atoms with Crippen LogP contribution in [-0.4, -0.2) is 18.2 Å². The summed E-state index contributed by atoms with van der Waals surface area (Å²) >= 11 is 3.40. The molecule has 1 saturated heterocycles. The molecule has 0 unspecified atom stereocenters. The first kappa shape index (κ1) is 10.9. The van der Waals surface area contributed by atoms with Gasteiger partial charge in [-0.1, -0.05) is 15.9 Å². The molecule has 4 heteroatoms. The SMILES string of the molecule is Nc1ccc(Br)cc1C1(O)CCNCC1. The summed E-state index contributed by atoms with van der Waals surface area (Å²) in [6.07, 6.45) is 1.43. The number of piperidine rings is 1. The van der Waals surface area contributed by atoms with Crippen LogP contribution in [0.4, 0.5) is 5.69 Å². The van der Waals surface area contributed by atoms with Crippen LogP contribution in [0.5, 0.6) is 0 Å². The maximum absolute atomic E-state index is 10.5. The highest BCUT2D eigenvalue weighted by Gasteiger charge is 2.32. The molecule has 1 aliphatic heterocycles. The Balaban J connectivity index is 2.38. The molecule has 82 valence electrons. The Hall–Kier alpha value is -0.580. The van der Waals surface area contributed by atoms with Crippen LogP contribution in [0.2, 0.25) is 0 Å². The second kappa shape index (κ2) is 4.12. The lowest BCUT2D eigenvalue weighted by Crippen LogP contribution is -2.40. The van der Waals surface area contributed by atoms with Gasteiger partial charge in [-0.3, -0.25) is 0 Å². The quantitative estimate of drug-likeness (QED) is 0.680. The molecule has 1 fully saturated rings. The highest BCUT2D eigenvalue weighted by Crippen LogP contribution is 2.35. The van der Waals surface area contributed by atoms with E-state index in [1.54, 1.807) is 0 Å². The lowest BCUT2D eigenvalue weighted by molar-refractivity contribution is 0.00661. The molecule has 1 aliphatic rings. The van der Waals surface area contributed by atoms with Crippen molar-refractivity contribution in [2.24, 2.45) is 0 Å². The minimum absolute atomic E-state index is 0.669.